The van der Waals surface area contributed by atoms with Crippen molar-refractivity contribution >= 4 is 11.8 Å². The zero-order valence-corrected chi connectivity index (χ0v) is 16.8. The van der Waals surface area contributed by atoms with Gasteiger partial charge in [-0.15, -0.1) is 0 Å². The molecule has 0 fully saturated rings. The van der Waals surface area contributed by atoms with E-state index in [1.165, 1.54) is 0 Å². The smallest absolute Gasteiger partial charge is 0.344 e. The van der Waals surface area contributed by atoms with Crippen LogP contribution in [0.4, 0.5) is 0 Å². The minimum absolute atomic E-state index is 0.0904. The molecule has 28 heavy (non-hydrogen) atoms. The molecule has 146 valence electrons. The van der Waals surface area contributed by atoms with Crippen LogP contribution in [0.25, 0.3) is 0 Å². The lowest BCUT2D eigenvalue weighted by atomic mass is 10.1. The topological polar surface area (TPSA) is 74.3 Å². The van der Waals surface area contributed by atoms with Gasteiger partial charge in [0.25, 0.3) is 0 Å². The molecule has 0 radical (unpaired) electrons. The molecule has 0 spiro atoms. The first kappa shape index (κ1) is 19.6. The van der Waals surface area contributed by atoms with Crippen LogP contribution in [-0.4, -0.2) is 28.1 Å². The second-order valence-electron chi connectivity index (χ2n) is 6.94. The summed E-state index contributed by atoms with van der Waals surface area (Å²) in [5, 5.41) is 3.74. The summed E-state index contributed by atoms with van der Waals surface area (Å²) in [6.07, 6.45) is 0. The van der Waals surface area contributed by atoms with Gasteiger partial charge in [0.05, 0.1) is 11.7 Å². The van der Waals surface area contributed by atoms with E-state index in [4.69, 9.17) is 9.26 Å². The molecule has 6 nitrogen and oxygen atoms in total. The molecule has 2 aromatic heterocycles. The molecular formula is C22H24N2O4. The first-order chi connectivity index (χ1) is 13.3. The normalized spacial score (nSPS) is 12.0. The number of ether oxygens (including phenoxy) is 1. The maximum atomic E-state index is 12.7. The van der Waals surface area contributed by atoms with Crippen molar-refractivity contribution in [3.8, 4) is 0 Å². The molecule has 2 heterocycles. The minimum Gasteiger partial charge on any atom is -0.454 e. The van der Waals surface area contributed by atoms with Crippen molar-refractivity contribution in [2.75, 3.05) is 6.61 Å². The van der Waals surface area contributed by atoms with Gasteiger partial charge in [0, 0.05) is 17.0 Å². The van der Waals surface area contributed by atoms with Crippen LogP contribution in [0.2, 0.25) is 0 Å². The summed E-state index contributed by atoms with van der Waals surface area (Å²) < 4.78 is 12.3. The number of hydrogen-bond donors (Lipinski definition) is 0. The number of carbonyl (C=O) groups excluding carboxylic acids is 2. The molecule has 3 rings (SSSR count). The molecule has 0 amide bonds. The Morgan fingerprint density at radius 3 is 2.43 bits per heavy atom. The predicted molar refractivity (Wildman–Crippen MR) is 105 cm³/mol. The average molecular weight is 380 g/mol. The second kappa shape index (κ2) is 7.84. The highest BCUT2D eigenvalue weighted by Gasteiger charge is 2.23. The van der Waals surface area contributed by atoms with Gasteiger partial charge in [0.2, 0.25) is 5.78 Å². The first-order valence-electron chi connectivity index (χ1n) is 9.17. The van der Waals surface area contributed by atoms with Crippen LogP contribution in [0.3, 0.4) is 0 Å². The number of carbonyl (C=O) groups is 2. The average Bonchev–Trinajstić information content (AvgIpc) is 3.17. The Balaban J connectivity index is 1.77. The van der Waals surface area contributed by atoms with Crippen molar-refractivity contribution in [1.29, 1.82) is 0 Å². The lowest BCUT2D eigenvalue weighted by molar-refractivity contribution is 0.0472. The summed E-state index contributed by atoms with van der Waals surface area (Å²) in [6, 6.07) is 12.1. The van der Waals surface area contributed by atoms with Crippen LogP contribution in [0.1, 0.15) is 62.1 Å². The molecule has 0 bridgehead atoms. The summed E-state index contributed by atoms with van der Waals surface area (Å²) in [6.45, 7) is 8.95. The SMILES string of the molecule is Cc1noc(C)c1C(=O)OCC(=O)c1cc(C)n([C@@H](C)c2ccccc2)c1C. The van der Waals surface area contributed by atoms with Crippen molar-refractivity contribution < 1.29 is 18.8 Å². The Morgan fingerprint density at radius 1 is 1.14 bits per heavy atom. The zero-order chi connectivity index (χ0) is 20.4. The van der Waals surface area contributed by atoms with Gasteiger partial charge in [0.1, 0.15) is 11.3 Å². The van der Waals surface area contributed by atoms with Crippen LogP contribution in [0, 0.1) is 27.7 Å². The molecule has 0 N–H and O–H groups in total. The van der Waals surface area contributed by atoms with Crippen LogP contribution >= 0.6 is 0 Å². The summed E-state index contributed by atoms with van der Waals surface area (Å²) in [5.74, 6) is -0.458. The number of rotatable bonds is 6. The summed E-state index contributed by atoms with van der Waals surface area (Å²) in [7, 11) is 0. The van der Waals surface area contributed by atoms with E-state index in [0.717, 1.165) is 17.0 Å². The minimum atomic E-state index is -0.601. The largest absolute Gasteiger partial charge is 0.454 e. The third kappa shape index (κ3) is 3.63. The number of nitrogens with zero attached hydrogens (tertiary/aromatic N) is 2. The number of Topliss-reactive ketones (excluding diaryl/α,β-unsaturated/α-hetero) is 1. The molecule has 1 aromatic carbocycles. The van der Waals surface area contributed by atoms with E-state index in [1.54, 1.807) is 13.8 Å². The Morgan fingerprint density at radius 2 is 1.82 bits per heavy atom. The molecule has 0 aliphatic carbocycles. The quantitative estimate of drug-likeness (QED) is 0.469. The molecule has 0 aliphatic heterocycles. The number of aryl methyl sites for hydroxylation is 3. The van der Waals surface area contributed by atoms with Crippen molar-refractivity contribution in [3.05, 3.63) is 75.9 Å². The van der Waals surface area contributed by atoms with Crippen LogP contribution in [0.5, 0.6) is 0 Å². The fourth-order valence-corrected chi connectivity index (χ4v) is 3.59. The third-order valence-electron chi connectivity index (χ3n) is 5.03. The lowest BCUT2D eigenvalue weighted by Gasteiger charge is -2.19. The van der Waals surface area contributed by atoms with Crippen LogP contribution in [-0.2, 0) is 4.74 Å². The fraction of sp³-hybridized carbons (Fsp3) is 0.318. The van der Waals surface area contributed by atoms with E-state index >= 15 is 0 Å². The Hall–Kier alpha value is -3.15. The van der Waals surface area contributed by atoms with Gasteiger partial charge in [-0.3, -0.25) is 4.79 Å². The first-order valence-corrected chi connectivity index (χ1v) is 9.17. The summed E-state index contributed by atoms with van der Waals surface area (Å²) in [5.41, 5.74) is 4.28. The fourth-order valence-electron chi connectivity index (χ4n) is 3.59. The van der Waals surface area contributed by atoms with Gasteiger partial charge in [-0.2, -0.15) is 0 Å². The highest BCUT2D eigenvalue weighted by atomic mass is 16.5. The molecule has 1 atom stereocenters. The maximum Gasteiger partial charge on any atom is 0.344 e. The summed E-state index contributed by atoms with van der Waals surface area (Å²) in [4.78, 5) is 25.0. The van der Waals surface area contributed by atoms with E-state index in [-0.39, 0.29) is 24.0 Å². The van der Waals surface area contributed by atoms with Gasteiger partial charge in [-0.25, -0.2) is 4.79 Å². The Kier molecular flexibility index (Phi) is 5.49. The molecule has 0 saturated carbocycles. The van der Waals surface area contributed by atoms with Gasteiger partial charge in [-0.1, -0.05) is 35.5 Å². The van der Waals surface area contributed by atoms with E-state index in [2.05, 4.69) is 28.8 Å². The maximum absolute atomic E-state index is 12.7. The highest BCUT2D eigenvalue weighted by Crippen LogP contribution is 2.26. The van der Waals surface area contributed by atoms with Crippen LogP contribution < -0.4 is 0 Å². The van der Waals surface area contributed by atoms with E-state index in [9.17, 15) is 9.59 Å². The molecule has 0 unspecified atom stereocenters. The molecule has 6 heteroatoms. The third-order valence-corrected chi connectivity index (χ3v) is 5.03. The van der Waals surface area contributed by atoms with Crippen LogP contribution in [0.15, 0.2) is 40.9 Å². The molecule has 3 aromatic rings. The Labute approximate surface area is 164 Å². The molecular weight excluding hydrogens is 356 g/mol. The zero-order valence-electron chi connectivity index (χ0n) is 16.8. The van der Waals surface area contributed by atoms with Gasteiger partial charge in [-0.05, 0) is 46.2 Å². The standard InChI is InChI=1S/C22H24N2O4/c1-13-11-19(16(4)24(13)15(3)18-9-7-6-8-10-18)20(25)12-27-22(26)21-14(2)23-28-17(21)5/h6-11,15H,12H2,1-5H3/t15-/m0/s1. The molecule has 0 saturated heterocycles. The summed E-state index contributed by atoms with van der Waals surface area (Å²) >= 11 is 0. The van der Waals surface area contributed by atoms with Crippen molar-refractivity contribution in [2.24, 2.45) is 0 Å². The number of aromatic nitrogens is 2. The van der Waals surface area contributed by atoms with Gasteiger partial charge >= 0.3 is 5.97 Å². The monoisotopic (exact) mass is 380 g/mol. The predicted octanol–water partition coefficient (Wildman–Crippen LogP) is 4.36. The van der Waals surface area contributed by atoms with Crippen molar-refractivity contribution in [1.82, 2.24) is 9.72 Å². The van der Waals surface area contributed by atoms with Gasteiger partial charge in [0.15, 0.2) is 6.61 Å². The number of esters is 1. The van der Waals surface area contributed by atoms with Crippen molar-refractivity contribution in [3.63, 3.8) is 0 Å². The second-order valence-corrected chi connectivity index (χ2v) is 6.94. The molecule has 0 aliphatic rings. The van der Waals surface area contributed by atoms with Crippen molar-refractivity contribution in [2.45, 2.75) is 40.7 Å². The number of benzene rings is 1. The number of hydrogen-bond acceptors (Lipinski definition) is 5. The Bertz CT molecular complexity index is 995. The van der Waals surface area contributed by atoms with E-state index in [1.807, 2.05) is 38.1 Å². The number of ketones is 1. The van der Waals surface area contributed by atoms with Gasteiger partial charge < -0.3 is 13.8 Å². The highest BCUT2D eigenvalue weighted by molar-refractivity contribution is 6.00. The van der Waals surface area contributed by atoms with E-state index < -0.39 is 5.97 Å². The van der Waals surface area contributed by atoms with E-state index in [0.29, 0.717) is 17.0 Å². The lowest BCUT2D eigenvalue weighted by Crippen LogP contribution is -2.16.